The topological polar surface area (TPSA) is 275 Å². The number of fused-ring (bicyclic) bond motifs is 1. The van der Waals surface area contributed by atoms with E-state index in [9.17, 15) is 24.9 Å². The fraction of sp³-hybridized carbons (Fsp3) is 0.786. The molecule has 0 saturated carbocycles. The van der Waals surface area contributed by atoms with Gasteiger partial charge in [0.25, 0.3) is 11.8 Å². The first-order valence-electron chi connectivity index (χ1n) is 16.3. The zero-order valence-electron chi connectivity index (χ0n) is 29.0. The summed E-state index contributed by atoms with van der Waals surface area (Å²) in [5.41, 5.74) is 10.9. The van der Waals surface area contributed by atoms with Gasteiger partial charge < -0.3 is 54.3 Å². The van der Waals surface area contributed by atoms with E-state index in [1.807, 2.05) is 0 Å². The molecule has 3 aliphatic heterocycles. The summed E-state index contributed by atoms with van der Waals surface area (Å²) in [5.74, 6) is -1.91. The van der Waals surface area contributed by atoms with Crippen LogP contribution in [0.1, 0.15) is 89.1 Å². The minimum absolute atomic E-state index is 0.133. The van der Waals surface area contributed by atoms with Gasteiger partial charge in [-0.3, -0.25) is 9.59 Å². The number of nitrogens with zero attached hydrogens (tertiary/aromatic N) is 6. The Labute approximate surface area is 286 Å². The van der Waals surface area contributed by atoms with Crippen molar-refractivity contribution in [3.8, 4) is 0 Å². The highest BCUT2D eigenvalue weighted by Crippen LogP contribution is 2.48. The van der Waals surface area contributed by atoms with Gasteiger partial charge in [-0.1, -0.05) is 55.4 Å². The van der Waals surface area contributed by atoms with Gasteiger partial charge >= 0.3 is 17.1 Å². The standard InChI is InChI=1S/C20H38N4O6Si2.C8H12N4O5/c1-11(2)31(12(3)4)27-9-15-17(29-32(30-31,13(5)6)14(7)8)16(25)20(28-15)24-10-22-19(23-24)18(21)26;9-6(16)7-10-2-12(11-7)8-5(15)4(14)3(1-13)17-8/h10-17,20,25H,9H2,1-8H3,(H2,21,26);2-5,8,13-15H,1H2,(H2,9,16)/t15-,16-,17-,20-;3-,4-,5-,8-/m00/s1. The van der Waals surface area contributed by atoms with Gasteiger partial charge in [0, 0.05) is 0 Å². The lowest BCUT2D eigenvalue weighted by Crippen LogP contribution is -2.65. The Bertz CT molecular complexity index is 1430. The molecule has 8 N–H and O–H groups in total. The van der Waals surface area contributed by atoms with Gasteiger partial charge in [-0.15, -0.1) is 10.2 Å². The number of hydrogen-bond donors (Lipinski definition) is 6. The Morgan fingerprint density at radius 3 is 1.65 bits per heavy atom. The second kappa shape index (κ2) is 15.3. The minimum atomic E-state index is -2.87. The number of aliphatic hydroxyl groups is 4. The van der Waals surface area contributed by atoms with E-state index < -0.39 is 84.6 Å². The molecule has 2 aromatic rings. The van der Waals surface area contributed by atoms with Crippen LogP contribution in [0.2, 0.25) is 22.2 Å². The first-order valence-corrected chi connectivity index (χ1v) is 20.2. The van der Waals surface area contributed by atoms with Crippen molar-refractivity contribution in [3.05, 3.63) is 24.3 Å². The number of primary amides is 2. The largest absolute Gasteiger partial charge is 0.414 e. The average Bonchev–Trinajstić information content (AvgIpc) is 3.81. The summed E-state index contributed by atoms with van der Waals surface area (Å²) in [6.07, 6.45) is -4.99. The predicted molar refractivity (Wildman–Crippen MR) is 174 cm³/mol. The predicted octanol–water partition coefficient (Wildman–Crippen LogP) is -0.420. The van der Waals surface area contributed by atoms with Crippen LogP contribution >= 0.6 is 0 Å². The first kappa shape index (κ1) is 39.1. The number of hydrogen-bond acceptors (Lipinski definition) is 15. The summed E-state index contributed by atoms with van der Waals surface area (Å²) in [7, 11) is -5.57. The van der Waals surface area contributed by atoms with E-state index in [0.717, 1.165) is 11.0 Å². The molecule has 5 rings (SSSR count). The second-order valence-electron chi connectivity index (χ2n) is 13.7. The lowest BCUT2D eigenvalue weighted by molar-refractivity contribution is -0.0631. The van der Waals surface area contributed by atoms with Crippen LogP contribution in [0.5, 0.6) is 0 Å². The quantitative estimate of drug-likeness (QED) is 0.179. The molecule has 8 atom stereocenters. The van der Waals surface area contributed by atoms with Crippen LogP contribution in [-0.2, 0) is 22.4 Å². The number of aromatic nitrogens is 6. The van der Waals surface area contributed by atoms with Crippen molar-refractivity contribution in [2.75, 3.05) is 13.2 Å². The van der Waals surface area contributed by atoms with E-state index in [2.05, 4.69) is 75.6 Å². The van der Waals surface area contributed by atoms with Crippen LogP contribution in [-0.4, -0.2) is 129 Å². The summed E-state index contributed by atoms with van der Waals surface area (Å²) >= 11 is 0. The van der Waals surface area contributed by atoms with Crippen molar-refractivity contribution in [1.82, 2.24) is 29.5 Å². The molecule has 19 nitrogen and oxygen atoms in total. The van der Waals surface area contributed by atoms with E-state index in [-0.39, 0.29) is 40.4 Å². The molecule has 0 spiro atoms. The van der Waals surface area contributed by atoms with E-state index in [4.69, 9.17) is 39.0 Å². The van der Waals surface area contributed by atoms with Gasteiger partial charge in [0.05, 0.1) is 13.2 Å². The summed E-state index contributed by atoms with van der Waals surface area (Å²) in [6, 6.07) is 0. The van der Waals surface area contributed by atoms with E-state index in [1.54, 1.807) is 0 Å². The smallest absolute Gasteiger partial charge is 0.335 e. The number of carbonyl (C=O) groups excluding carboxylic acids is 2. The fourth-order valence-corrected chi connectivity index (χ4v) is 17.7. The Balaban J connectivity index is 0.000000266. The third kappa shape index (κ3) is 7.51. The van der Waals surface area contributed by atoms with E-state index in [0.29, 0.717) is 0 Å². The third-order valence-electron chi connectivity index (χ3n) is 9.14. The lowest BCUT2D eigenvalue weighted by Gasteiger charge is -2.51. The molecule has 3 fully saturated rings. The van der Waals surface area contributed by atoms with Gasteiger partial charge in [0.1, 0.15) is 49.3 Å². The monoisotopic (exact) mass is 730 g/mol. The summed E-state index contributed by atoms with van der Waals surface area (Å²) < 4.78 is 34.4. The molecule has 49 heavy (non-hydrogen) atoms. The SMILES string of the molecule is CC(C)[Si]1(C(C)C)OC[C@@H]2O[C@H](n3cnc(C(N)=O)n3)[C@@H](O)[C@H]2O[Si](C(C)C)(C(C)C)O1.NC(=O)c1ncn([C@H]2O[C@@H](CO)[C@H](O)[C@@H]2O)n1. The lowest BCUT2D eigenvalue weighted by atomic mass is 10.1. The molecule has 0 unspecified atom stereocenters. The molecular weight excluding hydrogens is 681 g/mol. The van der Waals surface area contributed by atoms with Crippen molar-refractivity contribution < 1.29 is 52.5 Å². The van der Waals surface area contributed by atoms with Crippen LogP contribution in [0, 0.1) is 0 Å². The maximum atomic E-state index is 11.4. The fourth-order valence-electron chi connectivity index (χ4n) is 6.48. The van der Waals surface area contributed by atoms with Crippen LogP contribution in [0.25, 0.3) is 0 Å². The van der Waals surface area contributed by atoms with Gasteiger partial charge in [0.15, 0.2) is 12.5 Å². The highest BCUT2D eigenvalue weighted by molar-refractivity contribution is 6.84. The van der Waals surface area contributed by atoms with Gasteiger partial charge in [0.2, 0.25) is 11.6 Å². The van der Waals surface area contributed by atoms with Crippen molar-refractivity contribution in [3.63, 3.8) is 0 Å². The molecule has 5 heterocycles. The van der Waals surface area contributed by atoms with Crippen LogP contribution in [0.3, 0.4) is 0 Å². The number of aliphatic hydroxyl groups excluding tert-OH is 4. The van der Waals surface area contributed by atoms with Crippen molar-refractivity contribution in [2.45, 2.75) is 127 Å². The Hall–Kier alpha value is -2.71. The zero-order valence-corrected chi connectivity index (χ0v) is 31.0. The average molecular weight is 731 g/mol. The molecule has 276 valence electrons. The maximum absolute atomic E-state index is 11.4. The molecule has 2 amide bonds. The summed E-state index contributed by atoms with van der Waals surface area (Å²) in [6.45, 7) is 16.9. The van der Waals surface area contributed by atoms with Crippen molar-refractivity contribution >= 4 is 28.9 Å². The van der Waals surface area contributed by atoms with Crippen LogP contribution in [0.15, 0.2) is 12.7 Å². The van der Waals surface area contributed by atoms with Crippen LogP contribution < -0.4 is 11.5 Å². The second-order valence-corrected chi connectivity index (χ2v) is 22.5. The molecule has 3 saturated heterocycles. The Morgan fingerprint density at radius 2 is 1.27 bits per heavy atom. The number of rotatable bonds is 9. The molecule has 0 radical (unpaired) electrons. The number of amides is 2. The first-order chi connectivity index (χ1) is 22.9. The summed E-state index contributed by atoms with van der Waals surface area (Å²) in [4.78, 5) is 29.7. The molecule has 0 bridgehead atoms. The highest BCUT2D eigenvalue weighted by atomic mass is 28.5. The molecule has 2 aromatic heterocycles. The van der Waals surface area contributed by atoms with Crippen molar-refractivity contribution in [2.24, 2.45) is 11.5 Å². The van der Waals surface area contributed by atoms with Gasteiger partial charge in [-0.25, -0.2) is 19.3 Å². The molecule has 0 aliphatic carbocycles. The molecular formula is C28H50N8O11Si2. The minimum Gasteiger partial charge on any atom is -0.414 e. The molecule has 3 aliphatic rings. The molecule has 0 aromatic carbocycles. The summed E-state index contributed by atoms with van der Waals surface area (Å²) in [5, 5.41) is 47.1. The third-order valence-corrected chi connectivity index (χ3v) is 19.4. The molecule has 21 heteroatoms. The Kier molecular flexibility index (Phi) is 12.2. The van der Waals surface area contributed by atoms with Gasteiger partial charge in [-0.2, -0.15) is 0 Å². The van der Waals surface area contributed by atoms with Gasteiger partial charge in [-0.05, 0) is 22.2 Å². The highest BCUT2D eigenvalue weighted by Gasteiger charge is 2.61. The number of carbonyl (C=O) groups is 2. The van der Waals surface area contributed by atoms with Crippen molar-refractivity contribution in [1.29, 1.82) is 0 Å². The normalized spacial score (nSPS) is 31.0. The van der Waals surface area contributed by atoms with E-state index in [1.165, 1.54) is 11.0 Å². The van der Waals surface area contributed by atoms with E-state index >= 15 is 0 Å². The zero-order chi connectivity index (χ0) is 36.6. The number of nitrogens with two attached hydrogens (primary N) is 2. The number of ether oxygens (including phenoxy) is 2. The maximum Gasteiger partial charge on any atom is 0.335 e. The van der Waals surface area contributed by atoms with Crippen LogP contribution in [0.4, 0.5) is 0 Å². The Morgan fingerprint density at radius 1 is 0.796 bits per heavy atom.